The number of ether oxygens (including phenoxy) is 2. The van der Waals surface area contributed by atoms with E-state index in [4.69, 9.17) is 14.6 Å². The normalized spacial score (nSPS) is 20.6. The molecule has 0 aliphatic heterocycles. The Balaban J connectivity index is 1.74. The van der Waals surface area contributed by atoms with Crippen molar-refractivity contribution in [2.45, 2.75) is 18.9 Å². The van der Waals surface area contributed by atoms with Gasteiger partial charge < -0.3 is 19.9 Å². The molecule has 1 amide bonds. The van der Waals surface area contributed by atoms with Gasteiger partial charge in [-0.15, -0.1) is 0 Å². The van der Waals surface area contributed by atoms with Crippen molar-refractivity contribution in [1.82, 2.24) is 5.32 Å². The van der Waals surface area contributed by atoms with Gasteiger partial charge in [-0.05, 0) is 25.0 Å². The highest BCUT2D eigenvalue weighted by Crippen LogP contribution is 2.28. The third-order valence-electron chi connectivity index (χ3n) is 3.28. The molecule has 0 aromatic heterocycles. The molecular formula is C14H17NO5. The molecule has 2 N–H and O–H groups in total. The summed E-state index contributed by atoms with van der Waals surface area (Å²) in [5.74, 6) is -0.335. The molecule has 108 valence electrons. The van der Waals surface area contributed by atoms with Crippen molar-refractivity contribution in [3.63, 3.8) is 0 Å². The number of amides is 1. The number of aliphatic carboxylic acids is 1. The van der Waals surface area contributed by atoms with E-state index in [1.54, 1.807) is 18.2 Å². The Morgan fingerprint density at radius 3 is 2.55 bits per heavy atom. The number of para-hydroxylation sites is 2. The predicted octanol–water partition coefficient (Wildman–Crippen LogP) is 1.05. The van der Waals surface area contributed by atoms with Gasteiger partial charge in [-0.25, -0.2) is 0 Å². The quantitative estimate of drug-likeness (QED) is 0.813. The van der Waals surface area contributed by atoms with E-state index in [0.717, 1.165) is 0 Å². The fraction of sp³-hybridized carbons (Fsp3) is 0.429. The molecule has 0 unspecified atom stereocenters. The highest BCUT2D eigenvalue weighted by atomic mass is 16.5. The SMILES string of the molecule is COc1ccccc1OCC(=O)NC1CC(C(=O)O)C1. The predicted molar refractivity (Wildman–Crippen MR) is 70.8 cm³/mol. The van der Waals surface area contributed by atoms with Crippen molar-refractivity contribution in [2.75, 3.05) is 13.7 Å². The topological polar surface area (TPSA) is 84.9 Å². The van der Waals surface area contributed by atoms with Gasteiger partial charge in [0.2, 0.25) is 0 Å². The highest BCUT2D eigenvalue weighted by molar-refractivity contribution is 5.79. The standard InChI is InChI=1S/C14H17NO5/c1-19-11-4-2-3-5-12(11)20-8-13(16)15-10-6-9(7-10)14(17)18/h2-5,9-10H,6-8H2,1H3,(H,15,16)(H,17,18). The molecule has 6 heteroatoms. The number of methoxy groups -OCH3 is 1. The maximum atomic E-state index is 11.7. The number of rotatable bonds is 6. The van der Waals surface area contributed by atoms with Gasteiger partial charge in [0.1, 0.15) is 0 Å². The van der Waals surface area contributed by atoms with Crippen LogP contribution in [0.4, 0.5) is 0 Å². The van der Waals surface area contributed by atoms with E-state index in [-0.39, 0.29) is 24.5 Å². The molecule has 1 aliphatic carbocycles. The van der Waals surface area contributed by atoms with E-state index in [1.165, 1.54) is 7.11 Å². The monoisotopic (exact) mass is 279 g/mol. The van der Waals surface area contributed by atoms with E-state index < -0.39 is 5.97 Å². The van der Waals surface area contributed by atoms with E-state index in [2.05, 4.69) is 5.32 Å². The Bertz CT molecular complexity index is 496. The number of carboxylic acids is 1. The largest absolute Gasteiger partial charge is 0.493 e. The first kappa shape index (κ1) is 14.2. The van der Waals surface area contributed by atoms with Crippen LogP contribution in [-0.2, 0) is 9.59 Å². The molecule has 1 aliphatic rings. The third kappa shape index (κ3) is 3.40. The number of hydrogen-bond acceptors (Lipinski definition) is 4. The summed E-state index contributed by atoms with van der Waals surface area (Å²) in [6.45, 7) is -0.116. The van der Waals surface area contributed by atoms with Gasteiger partial charge in [-0.1, -0.05) is 12.1 Å². The smallest absolute Gasteiger partial charge is 0.306 e. The van der Waals surface area contributed by atoms with Gasteiger partial charge in [0, 0.05) is 6.04 Å². The average Bonchev–Trinajstić information content (AvgIpc) is 2.39. The van der Waals surface area contributed by atoms with Crippen molar-refractivity contribution < 1.29 is 24.2 Å². The van der Waals surface area contributed by atoms with Gasteiger partial charge in [-0.2, -0.15) is 0 Å². The van der Waals surface area contributed by atoms with Gasteiger partial charge >= 0.3 is 5.97 Å². The molecule has 1 aromatic carbocycles. The van der Waals surface area contributed by atoms with Crippen LogP contribution in [0.25, 0.3) is 0 Å². The number of carbonyl (C=O) groups excluding carboxylic acids is 1. The minimum Gasteiger partial charge on any atom is -0.493 e. The van der Waals surface area contributed by atoms with Gasteiger partial charge in [0.05, 0.1) is 13.0 Å². The number of hydrogen-bond donors (Lipinski definition) is 2. The molecule has 1 saturated carbocycles. The first-order chi connectivity index (χ1) is 9.60. The number of benzene rings is 1. The first-order valence-electron chi connectivity index (χ1n) is 6.38. The highest BCUT2D eigenvalue weighted by Gasteiger charge is 2.35. The second kappa shape index (κ2) is 6.27. The zero-order chi connectivity index (χ0) is 14.5. The van der Waals surface area contributed by atoms with Crippen molar-refractivity contribution in [3.8, 4) is 11.5 Å². The van der Waals surface area contributed by atoms with Crippen molar-refractivity contribution in [1.29, 1.82) is 0 Å². The first-order valence-corrected chi connectivity index (χ1v) is 6.38. The van der Waals surface area contributed by atoms with Gasteiger partial charge in [0.15, 0.2) is 18.1 Å². The van der Waals surface area contributed by atoms with Crippen LogP contribution in [-0.4, -0.2) is 36.7 Å². The molecule has 20 heavy (non-hydrogen) atoms. The lowest BCUT2D eigenvalue weighted by Gasteiger charge is -2.32. The van der Waals surface area contributed by atoms with Crippen LogP contribution in [0.2, 0.25) is 0 Å². The molecule has 2 rings (SSSR count). The van der Waals surface area contributed by atoms with E-state index in [9.17, 15) is 9.59 Å². The van der Waals surface area contributed by atoms with Crippen LogP contribution < -0.4 is 14.8 Å². The number of carboxylic acid groups (broad SMARTS) is 1. The third-order valence-corrected chi connectivity index (χ3v) is 3.28. The zero-order valence-corrected chi connectivity index (χ0v) is 11.2. The summed E-state index contributed by atoms with van der Waals surface area (Å²) >= 11 is 0. The lowest BCUT2D eigenvalue weighted by Crippen LogP contribution is -2.48. The summed E-state index contributed by atoms with van der Waals surface area (Å²) in [6, 6.07) is 7.00. The maximum Gasteiger partial charge on any atom is 0.306 e. The zero-order valence-electron chi connectivity index (χ0n) is 11.2. The summed E-state index contributed by atoms with van der Waals surface area (Å²) in [4.78, 5) is 22.3. The fourth-order valence-electron chi connectivity index (χ4n) is 2.09. The number of carbonyl (C=O) groups is 2. The maximum absolute atomic E-state index is 11.7. The summed E-state index contributed by atoms with van der Waals surface area (Å²) < 4.78 is 10.5. The van der Waals surface area contributed by atoms with Crippen LogP contribution in [0.1, 0.15) is 12.8 Å². The Morgan fingerprint density at radius 1 is 1.30 bits per heavy atom. The molecule has 0 atom stereocenters. The van der Waals surface area contributed by atoms with Crippen LogP contribution in [0, 0.1) is 5.92 Å². The average molecular weight is 279 g/mol. The van der Waals surface area contributed by atoms with E-state index in [1.807, 2.05) is 6.07 Å². The van der Waals surface area contributed by atoms with Crippen molar-refractivity contribution >= 4 is 11.9 Å². The van der Waals surface area contributed by atoms with Crippen molar-refractivity contribution in [3.05, 3.63) is 24.3 Å². The van der Waals surface area contributed by atoms with Gasteiger partial charge in [0.25, 0.3) is 5.91 Å². The Kier molecular flexibility index (Phi) is 4.45. The summed E-state index contributed by atoms with van der Waals surface area (Å²) in [6.07, 6.45) is 0.964. The minimum absolute atomic E-state index is 0.0649. The minimum atomic E-state index is -0.805. The van der Waals surface area contributed by atoms with E-state index in [0.29, 0.717) is 24.3 Å². The van der Waals surface area contributed by atoms with Crippen LogP contribution >= 0.6 is 0 Å². The molecule has 0 heterocycles. The van der Waals surface area contributed by atoms with Crippen LogP contribution in [0.5, 0.6) is 11.5 Å². The molecule has 0 bridgehead atoms. The lowest BCUT2D eigenvalue weighted by molar-refractivity contribution is -0.146. The summed E-state index contributed by atoms with van der Waals surface area (Å²) in [5, 5.41) is 11.5. The molecule has 0 saturated heterocycles. The Morgan fingerprint density at radius 2 is 1.95 bits per heavy atom. The lowest BCUT2D eigenvalue weighted by atomic mass is 9.80. The summed E-state index contributed by atoms with van der Waals surface area (Å²) in [5.41, 5.74) is 0. The molecule has 0 spiro atoms. The second-order valence-corrected chi connectivity index (χ2v) is 4.71. The van der Waals surface area contributed by atoms with Crippen molar-refractivity contribution in [2.24, 2.45) is 5.92 Å². The molecular weight excluding hydrogens is 262 g/mol. The summed E-state index contributed by atoms with van der Waals surface area (Å²) in [7, 11) is 1.53. The molecule has 1 aromatic rings. The second-order valence-electron chi connectivity index (χ2n) is 4.71. The van der Waals surface area contributed by atoms with Gasteiger partial charge in [-0.3, -0.25) is 9.59 Å². The van der Waals surface area contributed by atoms with Crippen LogP contribution in [0.15, 0.2) is 24.3 Å². The fourth-order valence-corrected chi connectivity index (χ4v) is 2.09. The van der Waals surface area contributed by atoms with Crippen LogP contribution in [0.3, 0.4) is 0 Å². The molecule has 6 nitrogen and oxygen atoms in total. The molecule has 0 radical (unpaired) electrons. The Hall–Kier alpha value is -2.24. The molecule has 1 fully saturated rings. The Labute approximate surface area is 116 Å². The van der Waals surface area contributed by atoms with E-state index >= 15 is 0 Å². The number of nitrogens with one attached hydrogen (secondary N) is 1.